The highest BCUT2D eigenvalue weighted by Gasteiger charge is 2.25. The molecule has 2 heterocycles. The summed E-state index contributed by atoms with van der Waals surface area (Å²) >= 11 is 1.58. The highest BCUT2D eigenvalue weighted by atomic mass is 79.9. The number of nitrogens with two attached hydrogens (primary N) is 1. The molecule has 0 spiro atoms. The van der Waals surface area contributed by atoms with Gasteiger partial charge in [0.25, 0.3) is 0 Å². The van der Waals surface area contributed by atoms with Crippen LogP contribution in [0.1, 0.15) is 5.01 Å². The Hall–Kier alpha value is -0.610. The number of aromatic nitrogens is 1. The minimum atomic E-state index is -0.566. The average Bonchev–Trinajstić information content (AvgIpc) is 2.97. The van der Waals surface area contributed by atoms with Gasteiger partial charge in [-0.2, -0.15) is 0 Å². The second kappa shape index (κ2) is 10.5. The van der Waals surface area contributed by atoms with Crippen LogP contribution in [0, 0.1) is 0 Å². The van der Waals surface area contributed by atoms with E-state index >= 15 is 0 Å². The van der Waals surface area contributed by atoms with Crippen molar-refractivity contribution in [1.29, 1.82) is 0 Å². The van der Waals surface area contributed by atoms with Crippen LogP contribution in [0.25, 0.3) is 10.2 Å². The Balaban J connectivity index is 0.00000156. The third-order valence-corrected chi connectivity index (χ3v) is 5.19. The van der Waals surface area contributed by atoms with Crippen LogP contribution < -0.4 is 5.73 Å². The number of fused-ring (bicyclic) bond motifs is 1. The highest BCUT2D eigenvalue weighted by Crippen LogP contribution is 2.22. The molecule has 1 saturated heterocycles. The van der Waals surface area contributed by atoms with Crippen LogP contribution in [0.5, 0.6) is 0 Å². The Labute approximate surface area is 171 Å². The number of thiazole rings is 1. The van der Waals surface area contributed by atoms with Gasteiger partial charge in [-0.3, -0.25) is 9.69 Å². The number of para-hydroxylation sites is 1. The number of amides is 1. The van der Waals surface area contributed by atoms with Crippen LogP contribution in [-0.4, -0.2) is 66.1 Å². The molecular formula is C16H23Br2FN4OS. The predicted octanol–water partition coefficient (Wildman–Crippen LogP) is 2.44. The summed E-state index contributed by atoms with van der Waals surface area (Å²) in [5, 5.41) is 0.892. The molecule has 0 saturated carbocycles. The van der Waals surface area contributed by atoms with Crippen molar-refractivity contribution < 1.29 is 9.18 Å². The van der Waals surface area contributed by atoms with Crippen LogP contribution in [0.4, 0.5) is 4.39 Å². The van der Waals surface area contributed by atoms with Gasteiger partial charge in [0.1, 0.15) is 6.67 Å². The van der Waals surface area contributed by atoms with Gasteiger partial charge < -0.3 is 10.6 Å². The Morgan fingerprint density at radius 3 is 2.56 bits per heavy atom. The minimum absolute atomic E-state index is 0. The number of alkyl halides is 1. The Morgan fingerprint density at radius 2 is 1.92 bits per heavy atom. The fourth-order valence-corrected chi connectivity index (χ4v) is 3.85. The largest absolute Gasteiger partial charge is 0.339 e. The zero-order valence-electron chi connectivity index (χ0n) is 13.8. The molecule has 0 radical (unpaired) electrons. The summed E-state index contributed by atoms with van der Waals surface area (Å²) in [6.45, 7) is 2.76. The minimum Gasteiger partial charge on any atom is -0.339 e. The first-order chi connectivity index (χ1) is 11.2. The lowest BCUT2D eigenvalue weighted by molar-refractivity contribution is -0.134. The number of hydrogen-bond acceptors (Lipinski definition) is 5. The molecule has 1 amide bonds. The average molecular weight is 498 g/mol. The second-order valence-corrected chi connectivity index (χ2v) is 6.86. The van der Waals surface area contributed by atoms with Gasteiger partial charge in [0.2, 0.25) is 5.91 Å². The lowest BCUT2D eigenvalue weighted by atomic mass is 10.2. The quantitative estimate of drug-likeness (QED) is 0.689. The topological polar surface area (TPSA) is 62.5 Å². The smallest absolute Gasteiger partial charge is 0.240 e. The molecule has 25 heavy (non-hydrogen) atoms. The molecule has 1 aliphatic rings. The van der Waals surface area contributed by atoms with E-state index in [0.29, 0.717) is 39.1 Å². The summed E-state index contributed by atoms with van der Waals surface area (Å²) in [7, 11) is 0. The summed E-state index contributed by atoms with van der Waals surface area (Å²) in [5.41, 5.74) is 7.05. The van der Waals surface area contributed by atoms with E-state index in [4.69, 9.17) is 5.73 Å². The number of halogens is 3. The van der Waals surface area contributed by atoms with Gasteiger partial charge in [0, 0.05) is 39.1 Å². The van der Waals surface area contributed by atoms with E-state index in [9.17, 15) is 9.18 Å². The Bertz CT molecular complexity index is 646. The molecule has 3 rings (SSSR count). The number of benzene rings is 1. The molecule has 0 aliphatic carbocycles. The van der Waals surface area contributed by atoms with Crippen molar-refractivity contribution >= 4 is 61.4 Å². The first-order valence-electron chi connectivity index (χ1n) is 7.84. The standard InChI is InChI=1S/C16H21FN4OS.2BrH/c17-5-6-20-7-9-21(10-8-20)16(22)12(18)11-15-19-13-3-1-2-4-14(13)23-15;;/h1-4,12H,5-11,18H2;2*1H. The number of carbonyl (C=O) groups is 1. The lowest BCUT2D eigenvalue weighted by Crippen LogP contribution is -2.53. The molecule has 1 fully saturated rings. The summed E-state index contributed by atoms with van der Waals surface area (Å²) in [4.78, 5) is 20.8. The van der Waals surface area contributed by atoms with Crippen molar-refractivity contribution in [3.63, 3.8) is 0 Å². The van der Waals surface area contributed by atoms with E-state index in [0.717, 1.165) is 15.2 Å². The fraction of sp³-hybridized carbons (Fsp3) is 0.500. The van der Waals surface area contributed by atoms with E-state index in [1.54, 1.807) is 16.2 Å². The van der Waals surface area contributed by atoms with Crippen molar-refractivity contribution in [2.75, 3.05) is 39.4 Å². The van der Waals surface area contributed by atoms with Crippen molar-refractivity contribution in [2.24, 2.45) is 5.73 Å². The molecular weight excluding hydrogens is 475 g/mol. The zero-order valence-corrected chi connectivity index (χ0v) is 18.0. The van der Waals surface area contributed by atoms with Gasteiger partial charge in [-0.15, -0.1) is 45.3 Å². The van der Waals surface area contributed by atoms with Gasteiger partial charge in [-0.05, 0) is 12.1 Å². The van der Waals surface area contributed by atoms with E-state index in [1.807, 2.05) is 29.2 Å². The van der Waals surface area contributed by atoms with Gasteiger partial charge in [0.05, 0.1) is 21.3 Å². The summed E-state index contributed by atoms with van der Waals surface area (Å²) in [6.07, 6.45) is 0.461. The molecule has 1 atom stereocenters. The summed E-state index contributed by atoms with van der Waals surface area (Å²) in [5.74, 6) is -0.0378. The number of rotatable bonds is 5. The maximum absolute atomic E-state index is 12.5. The maximum Gasteiger partial charge on any atom is 0.240 e. The molecule has 0 bridgehead atoms. The van der Waals surface area contributed by atoms with E-state index in [-0.39, 0.29) is 46.5 Å². The summed E-state index contributed by atoms with van der Waals surface area (Å²) < 4.78 is 13.5. The fourth-order valence-electron chi connectivity index (χ4n) is 2.83. The lowest BCUT2D eigenvalue weighted by Gasteiger charge is -2.35. The SMILES string of the molecule is Br.Br.NC(Cc1nc2ccccc2s1)C(=O)N1CCN(CCF)CC1. The van der Waals surface area contributed by atoms with Gasteiger partial charge >= 0.3 is 0 Å². The zero-order chi connectivity index (χ0) is 16.2. The van der Waals surface area contributed by atoms with Crippen molar-refractivity contribution in [3.05, 3.63) is 29.3 Å². The third-order valence-electron chi connectivity index (χ3n) is 4.13. The van der Waals surface area contributed by atoms with Gasteiger partial charge in [-0.25, -0.2) is 9.37 Å². The van der Waals surface area contributed by atoms with Crippen LogP contribution >= 0.6 is 45.3 Å². The third kappa shape index (κ3) is 5.68. The normalized spacial score (nSPS) is 16.2. The Kier molecular flexibility index (Phi) is 9.44. The number of piperazine rings is 1. The van der Waals surface area contributed by atoms with E-state index in [1.165, 1.54) is 0 Å². The van der Waals surface area contributed by atoms with Crippen molar-refractivity contribution in [3.8, 4) is 0 Å². The van der Waals surface area contributed by atoms with Crippen molar-refractivity contribution in [1.82, 2.24) is 14.8 Å². The van der Waals surface area contributed by atoms with Crippen molar-refractivity contribution in [2.45, 2.75) is 12.5 Å². The maximum atomic E-state index is 12.5. The summed E-state index contributed by atoms with van der Waals surface area (Å²) in [6, 6.07) is 7.35. The Morgan fingerprint density at radius 1 is 1.24 bits per heavy atom. The van der Waals surface area contributed by atoms with Gasteiger partial charge in [-0.1, -0.05) is 12.1 Å². The predicted molar refractivity (Wildman–Crippen MR) is 111 cm³/mol. The monoisotopic (exact) mass is 496 g/mol. The molecule has 1 aromatic carbocycles. The van der Waals surface area contributed by atoms with E-state index < -0.39 is 6.04 Å². The molecule has 1 aliphatic heterocycles. The van der Waals surface area contributed by atoms with Crippen LogP contribution in [0.3, 0.4) is 0 Å². The van der Waals surface area contributed by atoms with Crippen LogP contribution in [-0.2, 0) is 11.2 Å². The number of nitrogens with zero attached hydrogens (tertiary/aromatic N) is 3. The second-order valence-electron chi connectivity index (χ2n) is 5.74. The molecule has 140 valence electrons. The van der Waals surface area contributed by atoms with Crippen LogP contribution in [0.2, 0.25) is 0 Å². The highest BCUT2D eigenvalue weighted by molar-refractivity contribution is 8.93. The first kappa shape index (κ1) is 22.4. The molecule has 1 aromatic heterocycles. The molecule has 5 nitrogen and oxygen atoms in total. The van der Waals surface area contributed by atoms with Crippen LogP contribution in [0.15, 0.2) is 24.3 Å². The number of carbonyl (C=O) groups excluding carboxylic acids is 1. The first-order valence-corrected chi connectivity index (χ1v) is 8.66. The molecule has 2 N–H and O–H groups in total. The molecule has 9 heteroatoms. The molecule has 2 aromatic rings. The van der Waals surface area contributed by atoms with Gasteiger partial charge in [0.15, 0.2) is 0 Å². The molecule has 1 unspecified atom stereocenters. The van der Waals surface area contributed by atoms with E-state index in [2.05, 4.69) is 4.98 Å². The number of hydrogen-bond donors (Lipinski definition) is 1.